The lowest BCUT2D eigenvalue weighted by molar-refractivity contribution is -0.117. The molecule has 11 nitrogen and oxygen atoms in total. The van der Waals surface area contributed by atoms with E-state index in [1.807, 2.05) is 6.07 Å². The summed E-state index contributed by atoms with van der Waals surface area (Å²) in [5.74, 6) is 1.87. The van der Waals surface area contributed by atoms with Crippen LogP contribution in [0.3, 0.4) is 0 Å². The normalized spacial score (nSPS) is 15.9. The summed E-state index contributed by atoms with van der Waals surface area (Å²) in [6, 6.07) is 5.50. The highest BCUT2D eigenvalue weighted by Crippen LogP contribution is 2.39. The number of aromatic nitrogens is 4. The summed E-state index contributed by atoms with van der Waals surface area (Å²) in [4.78, 5) is 32.4. The first-order valence-corrected chi connectivity index (χ1v) is 11.3. The molecule has 1 fully saturated rings. The first-order chi connectivity index (χ1) is 16.5. The van der Waals surface area contributed by atoms with Gasteiger partial charge in [0.2, 0.25) is 11.7 Å². The molecule has 1 saturated heterocycles. The zero-order chi connectivity index (χ0) is 24.2. The molecule has 1 unspecified atom stereocenters. The fourth-order valence-corrected chi connectivity index (χ4v) is 4.38. The van der Waals surface area contributed by atoms with Gasteiger partial charge in [-0.1, -0.05) is 6.92 Å². The summed E-state index contributed by atoms with van der Waals surface area (Å²) in [5, 5.41) is 7.04. The SMILES string of the molecule is CCC1CCCCN1c1ccn2c(=O)n(CC(=O)Nc3cc(OC)c(OC)c(OC)c3)nc2n1. The highest BCUT2D eigenvalue weighted by Gasteiger charge is 2.23. The Bertz CT molecular complexity index is 1210. The first kappa shape index (κ1) is 23.4. The zero-order valence-electron chi connectivity index (χ0n) is 19.9. The number of benzene rings is 1. The Morgan fingerprint density at radius 2 is 1.88 bits per heavy atom. The molecule has 4 rings (SSSR count). The molecule has 1 amide bonds. The molecule has 1 aliphatic heterocycles. The standard InChI is InChI=1S/C23H30N6O5/c1-5-16-8-6-7-10-27(16)19-9-11-28-22(25-19)26-29(23(28)31)14-20(30)24-15-12-17(32-2)21(34-4)18(13-15)33-3/h9,11-13,16H,5-8,10,14H2,1-4H3,(H,24,30). The summed E-state index contributed by atoms with van der Waals surface area (Å²) >= 11 is 0. The third-order valence-electron chi connectivity index (χ3n) is 6.07. The molecule has 1 aromatic carbocycles. The van der Waals surface area contributed by atoms with Crippen LogP contribution >= 0.6 is 0 Å². The number of nitrogens with zero attached hydrogens (tertiary/aromatic N) is 5. The van der Waals surface area contributed by atoms with Crippen LogP contribution in [-0.2, 0) is 11.3 Å². The Hall–Kier alpha value is -3.76. The van der Waals surface area contributed by atoms with E-state index in [0.29, 0.717) is 29.0 Å². The zero-order valence-corrected chi connectivity index (χ0v) is 19.9. The van der Waals surface area contributed by atoms with Crippen LogP contribution in [0.15, 0.2) is 29.2 Å². The number of nitrogens with one attached hydrogen (secondary N) is 1. The average molecular weight is 471 g/mol. The second-order valence-electron chi connectivity index (χ2n) is 8.11. The number of anilines is 2. The van der Waals surface area contributed by atoms with Gasteiger partial charge in [0.25, 0.3) is 5.78 Å². The van der Waals surface area contributed by atoms with Crippen molar-refractivity contribution in [1.29, 1.82) is 0 Å². The molecule has 182 valence electrons. The summed E-state index contributed by atoms with van der Waals surface area (Å²) in [6.45, 7) is 2.84. The largest absolute Gasteiger partial charge is 0.493 e. The number of hydrogen-bond acceptors (Lipinski definition) is 8. The Labute approximate surface area is 197 Å². The van der Waals surface area contributed by atoms with Crippen LogP contribution in [0, 0.1) is 0 Å². The second kappa shape index (κ2) is 10.0. The van der Waals surface area contributed by atoms with Crippen molar-refractivity contribution in [3.8, 4) is 17.2 Å². The third kappa shape index (κ3) is 4.50. The smallest absolute Gasteiger partial charge is 0.352 e. The molecule has 2 aromatic heterocycles. The first-order valence-electron chi connectivity index (χ1n) is 11.3. The average Bonchev–Trinajstić information content (AvgIpc) is 3.17. The summed E-state index contributed by atoms with van der Waals surface area (Å²) < 4.78 is 18.4. The predicted molar refractivity (Wildman–Crippen MR) is 127 cm³/mol. The Morgan fingerprint density at radius 1 is 1.15 bits per heavy atom. The van der Waals surface area contributed by atoms with E-state index in [9.17, 15) is 9.59 Å². The molecule has 1 N–H and O–H groups in total. The van der Waals surface area contributed by atoms with Crippen LogP contribution in [0.1, 0.15) is 32.6 Å². The van der Waals surface area contributed by atoms with Gasteiger partial charge < -0.3 is 24.4 Å². The number of piperidine rings is 1. The Balaban J connectivity index is 1.55. The molecule has 3 aromatic rings. The molecule has 0 aliphatic carbocycles. The summed E-state index contributed by atoms with van der Waals surface area (Å²) in [6.07, 6.45) is 6.17. The molecule has 34 heavy (non-hydrogen) atoms. The molecule has 11 heteroatoms. The van der Waals surface area contributed by atoms with Crippen LogP contribution in [0.5, 0.6) is 17.2 Å². The highest BCUT2D eigenvalue weighted by atomic mass is 16.5. The molecular weight excluding hydrogens is 440 g/mol. The lowest BCUT2D eigenvalue weighted by Crippen LogP contribution is -2.39. The van der Waals surface area contributed by atoms with Gasteiger partial charge in [-0.15, -0.1) is 5.10 Å². The number of rotatable bonds is 8. The van der Waals surface area contributed by atoms with Gasteiger partial charge in [0, 0.05) is 36.6 Å². The van der Waals surface area contributed by atoms with Gasteiger partial charge >= 0.3 is 5.69 Å². The van der Waals surface area contributed by atoms with Gasteiger partial charge in [-0.25, -0.2) is 13.9 Å². The number of hydrogen-bond donors (Lipinski definition) is 1. The molecular formula is C23H30N6O5. The molecule has 1 aliphatic rings. The van der Waals surface area contributed by atoms with E-state index < -0.39 is 11.6 Å². The van der Waals surface area contributed by atoms with E-state index in [1.165, 1.54) is 32.2 Å². The maximum absolute atomic E-state index is 12.8. The van der Waals surface area contributed by atoms with Crippen molar-refractivity contribution in [3.63, 3.8) is 0 Å². The number of methoxy groups -OCH3 is 3. The minimum Gasteiger partial charge on any atom is -0.493 e. The van der Waals surface area contributed by atoms with E-state index in [2.05, 4.69) is 27.2 Å². The minimum atomic E-state index is -0.431. The molecule has 0 bridgehead atoms. The van der Waals surface area contributed by atoms with E-state index in [1.54, 1.807) is 18.3 Å². The van der Waals surface area contributed by atoms with Gasteiger partial charge in [0.1, 0.15) is 12.4 Å². The molecule has 0 radical (unpaired) electrons. The number of fused-ring (bicyclic) bond motifs is 1. The number of carbonyl (C=O) groups is 1. The summed E-state index contributed by atoms with van der Waals surface area (Å²) in [7, 11) is 4.49. The van der Waals surface area contributed by atoms with Crippen LogP contribution in [-0.4, -0.2) is 59.0 Å². The minimum absolute atomic E-state index is 0.267. The summed E-state index contributed by atoms with van der Waals surface area (Å²) in [5.41, 5.74) is 0.00667. The number of amides is 1. The topological polar surface area (TPSA) is 112 Å². The van der Waals surface area contributed by atoms with Gasteiger partial charge in [-0.3, -0.25) is 4.79 Å². The quantitative estimate of drug-likeness (QED) is 0.534. The number of carbonyl (C=O) groups excluding carboxylic acids is 1. The lowest BCUT2D eigenvalue weighted by atomic mass is 10.0. The predicted octanol–water partition coefficient (Wildman–Crippen LogP) is 2.32. The van der Waals surface area contributed by atoms with Crippen molar-refractivity contribution in [2.24, 2.45) is 0 Å². The van der Waals surface area contributed by atoms with Gasteiger partial charge in [-0.2, -0.15) is 4.98 Å². The van der Waals surface area contributed by atoms with Crippen LogP contribution in [0.2, 0.25) is 0 Å². The van der Waals surface area contributed by atoms with Gasteiger partial charge in [0.15, 0.2) is 11.5 Å². The van der Waals surface area contributed by atoms with Gasteiger partial charge in [0.05, 0.1) is 21.3 Å². The van der Waals surface area contributed by atoms with Gasteiger partial charge in [-0.05, 0) is 31.7 Å². The van der Waals surface area contributed by atoms with E-state index >= 15 is 0 Å². The van der Waals surface area contributed by atoms with Crippen molar-refractivity contribution < 1.29 is 19.0 Å². The Kier molecular flexibility index (Phi) is 6.90. The number of ether oxygens (including phenoxy) is 3. The Morgan fingerprint density at radius 3 is 2.53 bits per heavy atom. The van der Waals surface area contributed by atoms with Crippen molar-refractivity contribution in [3.05, 3.63) is 34.9 Å². The fourth-order valence-electron chi connectivity index (χ4n) is 4.38. The van der Waals surface area contributed by atoms with Crippen LogP contribution in [0.25, 0.3) is 5.78 Å². The van der Waals surface area contributed by atoms with Crippen molar-refractivity contribution in [1.82, 2.24) is 19.2 Å². The maximum atomic E-state index is 12.8. The fraction of sp³-hybridized carbons (Fsp3) is 0.478. The van der Waals surface area contributed by atoms with Crippen molar-refractivity contribution in [2.45, 2.75) is 45.2 Å². The van der Waals surface area contributed by atoms with Crippen LogP contribution in [0.4, 0.5) is 11.5 Å². The monoisotopic (exact) mass is 470 g/mol. The molecule has 1 atom stereocenters. The van der Waals surface area contributed by atoms with Crippen molar-refractivity contribution in [2.75, 3.05) is 38.1 Å². The maximum Gasteiger partial charge on any atom is 0.352 e. The van der Waals surface area contributed by atoms with Crippen molar-refractivity contribution >= 4 is 23.2 Å². The second-order valence-corrected chi connectivity index (χ2v) is 8.11. The van der Waals surface area contributed by atoms with E-state index in [-0.39, 0.29) is 12.3 Å². The highest BCUT2D eigenvalue weighted by molar-refractivity contribution is 5.91. The molecule has 0 spiro atoms. The van der Waals surface area contributed by atoms with Crippen LogP contribution < -0.4 is 30.1 Å². The lowest BCUT2D eigenvalue weighted by Gasteiger charge is -2.36. The third-order valence-corrected chi connectivity index (χ3v) is 6.07. The molecule has 3 heterocycles. The molecule has 0 saturated carbocycles. The van der Waals surface area contributed by atoms with E-state index in [0.717, 1.165) is 36.3 Å². The van der Waals surface area contributed by atoms with E-state index in [4.69, 9.17) is 14.2 Å².